The number of anilines is 1. The predicted molar refractivity (Wildman–Crippen MR) is 108 cm³/mol. The Kier molecular flexibility index (Phi) is 5.44. The van der Waals surface area contributed by atoms with E-state index in [9.17, 15) is 13.2 Å². The number of carbonyl (C=O) groups is 1. The zero-order chi connectivity index (χ0) is 20.4. The maximum atomic E-state index is 12.8. The quantitative estimate of drug-likeness (QED) is 0.809. The Morgan fingerprint density at radius 2 is 1.66 bits per heavy atom. The van der Waals surface area contributed by atoms with E-state index in [2.05, 4.69) is 10.2 Å². The van der Waals surface area contributed by atoms with Crippen molar-refractivity contribution in [1.29, 1.82) is 0 Å². The number of fused-ring (bicyclic) bond motifs is 1. The molecule has 1 fully saturated rings. The van der Waals surface area contributed by atoms with Crippen LogP contribution in [-0.4, -0.2) is 69.5 Å². The van der Waals surface area contributed by atoms with Crippen molar-refractivity contribution in [3.05, 3.63) is 48.5 Å². The van der Waals surface area contributed by atoms with Crippen LogP contribution in [-0.2, 0) is 14.8 Å². The number of amides is 1. The zero-order valence-corrected chi connectivity index (χ0v) is 16.9. The van der Waals surface area contributed by atoms with Crippen molar-refractivity contribution in [3.63, 3.8) is 0 Å². The molecule has 8 nitrogen and oxygen atoms in total. The van der Waals surface area contributed by atoms with E-state index in [1.165, 1.54) is 16.4 Å². The third kappa shape index (κ3) is 4.21. The third-order valence-electron chi connectivity index (χ3n) is 5.02. The first kappa shape index (κ1) is 19.7. The summed E-state index contributed by atoms with van der Waals surface area (Å²) in [6.07, 6.45) is -0.779. The summed E-state index contributed by atoms with van der Waals surface area (Å²) in [6.45, 7) is 2.47. The molecule has 2 heterocycles. The SMILES string of the molecule is CN1CCN(S(=O)(=O)c2ccc(NC(=O)C3COc4ccccc4O3)cc2)CC1. The number of sulfonamides is 1. The lowest BCUT2D eigenvalue weighted by molar-refractivity contribution is -0.125. The monoisotopic (exact) mass is 417 g/mol. The van der Waals surface area contributed by atoms with Crippen molar-refractivity contribution in [3.8, 4) is 11.5 Å². The summed E-state index contributed by atoms with van der Waals surface area (Å²) in [5.41, 5.74) is 0.495. The molecule has 1 amide bonds. The van der Waals surface area contributed by atoms with Crippen LogP contribution in [0.4, 0.5) is 5.69 Å². The van der Waals surface area contributed by atoms with Gasteiger partial charge in [-0.25, -0.2) is 8.42 Å². The molecule has 0 aliphatic carbocycles. The van der Waals surface area contributed by atoms with Gasteiger partial charge in [0.25, 0.3) is 5.91 Å². The molecule has 29 heavy (non-hydrogen) atoms. The largest absolute Gasteiger partial charge is 0.485 e. The van der Waals surface area contributed by atoms with E-state index in [1.807, 2.05) is 19.2 Å². The summed E-state index contributed by atoms with van der Waals surface area (Å²) in [5, 5.41) is 2.75. The van der Waals surface area contributed by atoms with Gasteiger partial charge < -0.3 is 19.7 Å². The number of hydrogen-bond acceptors (Lipinski definition) is 6. The van der Waals surface area contributed by atoms with E-state index in [1.54, 1.807) is 24.3 Å². The molecular formula is C20H23N3O5S. The minimum atomic E-state index is -3.54. The fourth-order valence-corrected chi connectivity index (χ4v) is 4.68. The lowest BCUT2D eigenvalue weighted by Crippen LogP contribution is -2.47. The first-order chi connectivity index (χ1) is 13.9. The maximum Gasteiger partial charge on any atom is 0.269 e. The number of piperazine rings is 1. The fourth-order valence-electron chi connectivity index (χ4n) is 3.26. The summed E-state index contributed by atoms with van der Waals surface area (Å²) in [7, 11) is -1.56. The highest BCUT2D eigenvalue weighted by atomic mass is 32.2. The Balaban J connectivity index is 1.40. The average molecular weight is 417 g/mol. The third-order valence-corrected chi connectivity index (χ3v) is 6.94. The van der Waals surface area contributed by atoms with E-state index in [-0.39, 0.29) is 17.4 Å². The molecular weight excluding hydrogens is 394 g/mol. The highest BCUT2D eigenvalue weighted by Gasteiger charge is 2.29. The second-order valence-corrected chi connectivity index (χ2v) is 9.02. The first-order valence-corrected chi connectivity index (χ1v) is 10.9. The maximum absolute atomic E-state index is 12.8. The summed E-state index contributed by atoms with van der Waals surface area (Å²) in [5.74, 6) is 0.775. The Labute approximate surface area is 170 Å². The summed E-state index contributed by atoms with van der Waals surface area (Å²) in [4.78, 5) is 14.8. The molecule has 2 aromatic carbocycles. The standard InChI is InChI=1S/C20H23N3O5S/c1-22-10-12-23(13-11-22)29(25,26)16-8-6-15(7-9-16)21-20(24)19-14-27-17-4-2-3-5-18(17)28-19/h2-9,19H,10-14H2,1H3,(H,21,24). The van der Waals surface area contributed by atoms with E-state index in [4.69, 9.17) is 9.47 Å². The van der Waals surface area contributed by atoms with Crippen LogP contribution in [0, 0.1) is 0 Å². The smallest absolute Gasteiger partial charge is 0.269 e. The van der Waals surface area contributed by atoms with Gasteiger partial charge in [-0.1, -0.05) is 12.1 Å². The van der Waals surface area contributed by atoms with Crippen LogP contribution in [0.2, 0.25) is 0 Å². The predicted octanol–water partition coefficient (Wildman–Crippen LogP) is 1.40. The number of ether oxygens (including phenoxy) is 2. The van der Waals surface area contributed by atoms with E-state index in [0.29, 0.717) is 43.4 Å². The molecule has 0 spiro atoms. The number of likely N-dealkylation sites (N-methyl/N-ethyl adjacent to an activating group) is 1. The Morgan fingerprint density at radius 1 is 1.00 bits per heavy atom. The number of nitrogens with one attached hydrogen (secondary N) is 1. The number of para-hydroxylation sites is 2. The highest BCUT2D eigenvalue weighted by Crippen LogP contribution is 2.31. The summed E-state index contributed by atoms with van der Waals surface area (Å²) in [6, 6.07) is 13.3. The molecule has 2 aliphatic heterocycles. The number of rotatable bonds is 4. The number of hydrogen-bond donors (Lipinski definition) is 1. The van der Waals surface area contributed by atoms with Gasteiger partial charge in [-0.2, -0.15) is 4.31 Å². The van der Waals surface area contributed by atoms with Crippen LogP contribution in [0.1, 0.15) is 0 Å². The molecule has 1 saturated heterocycles. The van der Waals surface area contributed by atoms with Gasteiger partial charge in [0, 0.05) is 31.9 Å². The highest BCUT2D eigenvalue weighted by molar-refractivity contribution is 7.89. The Morgan fingerprint density at radius 3 is 2.34 bits per heavy atom. The topological polar surface area (TPSA) is 88.2 Å². The minimum Gasteiger partial charge on any atom is -0.485 e. The normalized spacial score (nSPS) is 20.2. The van der Waals surface area contributed by atoms with Gasteiger partial charge in [0.1, 0.15) is 6.61 Å². The van der Waals surface area contributed by atoms with E-state index < -0.39 is 16.1 Å². The van der Waals surface area contributed by atoms with E-state index in [0.717, 1.165) is 0 Å². The first-order valence-electron chi connectivity index (χ1n) is 9.41. The van der Waals surface area contributed by atoms with Gasteiger partial charge in [0.05, 0.1) is 4.90 Å². The van der Waals surface area contributed by atoms with Crippen LogP contribution in [0.25, 0.3) is 0 Å². The minimum absolute atomic E-state index is 0.110. The van der Waals surface area contributed by atoms with Crippen LogP contribution >= 0.6 is 0 Å². The molecule has 0 aromatic heterocycles. The molecule has 1 N–H and O–H groups in total. The van der Waals surface area contributed by atoms with Crippen molar-refractivity contribution in [2.75, 3.05) is 45.2 Å². The van der Waals surface area contributed by atoms with Crippen LogP contribution in [0.15, 0.2) is 53.4 Å². The van der Waals surface area contributed by atoms with Crippen molar-refractivity contribution >= 4 is 21.6 Å². The zero-order valence-electron chi connectivity index (χ0n) is 16.1. The molecule has 0 saturated carbocycles. The van der Waals surface area contributed by atoms with Gasteiger partial charge in [-0.05, 0) is 43.4 Å². The Hall–Kier alpha value is -2.62. The average Bonchev–Trinajstić information content (AvgIpc) is 2.74. The molecule has 2 aliphatic rings. The molecule has 1 atom stereocenters. The van der Waals surface area contributed by atoms with Gasteiger partial charge in [0.2, 0.25) is 16.1 Å². The fraction of sp³-hybridized carbons (Fsp3) is 0.350. The van der Waals surface area contributed by atoms with Crippen molar-refractivity contribution in [2.45, 2.75) is 11.0 Å². The van der Waals surface area contributed by atoms with Crippen molar-refractivity contribution in [2.24, 2.45) is 0 Å². The lowest BCUT2D eigenvalue weighted by Gasteiger charge is -2.31. The van der Waals surface area contributed by atoms with Gasteiger partial charge in [-0.3, -0.25) is 4.79 Å². The van der Waals surface area contributed by atoms with Crippen LogP contribution in [0.3, 0.4) is 0 Å². The van der Waals surface area contributed by atoms with Crippen molar-refractivity contribution < 1.29 is 22.7 Å². The van der Waals surface area contributed by atoms with Gasteiger partial charge in [0.15, 0.2) is 11.5 Å². The molecule has 0 bridgehead atoms. The van der Waals surface area contributed by atoms with Crippen molar-refractivity contribution in [1.82, 2.24) is 9.21 Å². The van der Waals surface area contributed by atoms with E-state index >= 15 is 0 Å². The summed E-state index contributed by atoms with van der Waals surface area (Å²) < 4.78 is 38.3. The van der Waals surface area contributed by atoms with Crippen LogP contribution in [0.5, 0.6) is 11.5 Å². The van der Waals surface area contributed by atoms with Gasteiger partial charge in [-0.15, -0.1) is 0 Å². The number of nitrogens with zero attached hydrogens (tertiary/aromatic N) is 2. The van der Waals surface area contributed by atoms with Gasteiger partial charge >= 0.3 is 0 Å². The second kappa shape index (κ2) is 8.02. The molecule has 154 valence electrons. The molecule has 4 rings (SSSR count). The molecule has 1 unspecified atom stereocenters. The number of carbonyl (C=O) groups excluding carboxylic acids is 1. The molecule has 0 radical (unpaired) electrons. The lowest BCUT2D eigenvalue weighted by atomic mass is 10.2. The number of benzene rings is 2. The molecule has 9 heteroatoms. The summed E-state index contributed by atoms with van der Waals surface area (Å²) >= 11 is 0. The molecule has 2 aromatic rings. The second-order valence-electron chi connectivity index (χ2n) is 7.09. The van der Waals surface area contributed by atoms with Crippen LogP contribution < -0.4 is 14.8 Å². The Bertz CT molecular complexity index is 985.